The standard InChI is InChI=1S/C22H23N3O/c1-25-22(26)21-14-17(12-15-3-8-19(23)9-4-15)2-7-18(21)13-16-5-10-20(24)11-6-16/h2-11,14H,12-13,23-24H2,1H3,(H,25,26). The highest BCUT2D eigenvalue weighted by Crippen LogP contribution is 2.20. The summed E-state index contributed by atoms with van der Waals surface area (Å²) in [6.07, 6.45) is 1.44. The Bertz CT molecular complexity index is 900. The minimum Gasteiger partial charge on any atom is -0.399 e. The van der Waals surface area contributed by atoms with Gasteiger partial charge in [0.1, 0.15) is 0 Å². The molecule has 4 nitrogen and oxygen atoms in total. The van der Waals surface area contributed by atoms with Crippen LogP contribution in [0.2, 0.25) is 0 Å². The molecule has 132 valence electrons. The number of carbonyl (C=O) groups is 1. The van der Waals surface area contributed by atoms with E-state index in [0.29, 0.717) is 12.0 Å². The molecule has 4 heteroatoms. The highest BCUT2D eigenvalue weighted by molar-refractivity contribution is 5.95. The molecule has 0 spiro atoms. The Labute approximate surface area is 153 Å². The van der Waals surface area contributed by atoms with Gasteiger partial charge in [-0.1, -0.05) is 36.4 Å². The van der Waals surface area contributed by atoms with Crippen LogP contribution in [0, 0.1) is 0 Å². The molecule has 0 aliphatic rings. The van der Waals surface area contributed by atoms with Crippen LogP contribution >= 0.6 is 0 Å². The van der Waals surface area contributed by atoms with Crippen molar-refractivity contribution >= 4 is 17.3 Å². The first-order valence-electron chi connectivity index (χ1n) is 8.58. The van der Waals surface area contributed by atoms with Gasteiger partial charge in [0.05, 0.1) is 0 Å². The van der Waals surface area contributed by atoms with Gasteiger partial charge >= 0.3 is 0 Å². The zero-order valence-electron chi connectivity index (χ0n) is 14.8. The monoisotopic (exact) mass is 345 g/mol. The Morgan fingerprint density at radius 3 is 1.81 bits per heavy atom. The maximum Gasteiger partial charge on any atom is 0.251 e. The lowest BCUT2D eigenvalue weighted by Crippen LogP contribution is -2.20. The van der Waals surface area contributed by atoms with Crippen molar-refractivity contribution in [2.24, 2.45) is 0 Å². The first-order chi connectivity index (χ1) is 12.5. The SMILES string of the molecule is CNC(=O)c1cc(Cc2ccc(N)cc2)ccc1Cc1ccc(N)cc1. The molecule has 26 heavy (non-hydrogen) atoms. The van der Waals surface area contributed by atoms with E-state index in [1.807, 2.05) is 60.7 Å². The predicted octanol–water partition coefficient (Wildman–Crippen LogP) is 3.39. The van der Waals surface area contributed by atoms with Crippen LogP contribution in [-0.4, -0.2) is 13.0 Å². The Balaban J connectivity index is 1.88. The number of amides is 1. The maximum absolute atomic E-state index is 12.4. The van der Waals surface area contributed by atoms with Gasteiger partial charge < -0.3 is 16.8 Å². The quantitative estimate of drug-likeness (QED) is 0.620. The van der Waals surface area contributed by atoms with Crippen LogP contribution in [0.15, 0.2) is 66.7 Å². The summed E-state index contributed by atoms with van der Waals surface area (Å²) in [5.41, 5.74) is 18.1. The second-order valence-electron chi connectivity index (χ2n) is 6.41. The fraction of sp³-hybridized carbons (Fsp3) is 0.136. The van der Waals surface area contributed by atoms with Gasteiger partial charge in [-0.2, -0.15) is 0 Å². The van der Waals surface area contributed by atoms with E-state index in [9.17, 15) is 4.79 Å². The van der Waals surface area contributed by atoms with E-state index in [1.165, 1.54) is 0 Å². The third-order valence-electron chi connectivity index (χ3n) is 4.41. The highest BCUT2D eigenvalue weighted by atomic mass is 16.1. The fourth-order valence-electron chi connectivity index (χ4n) is 2.96. The molecular weight excluding hydrogens is 322 g/mol. The van der Waals surface area contributed by atoms with E-state index in [1.54, 1.807) is 7.05 Å². The van der Waals surface area contributed by atoms with Gasteiger partial charge in [-0.05, 0) is 65.4 Å². The molecule has 3 aromatic rings. The molecule has 0 atom stereocenters. The molecule has 3 rings (SSSR count). The molecule has 0 saturated heterocycles. The Morgan fingerprint density at radius 1 is 0.769 bits per heavy atom. The molecule has 1 amide bonds. The number of benzene rings is 3. The van der Waals surface area contributed by atoms with Crippen LogP contribution < -0.4 is 16.8 Å². The van der Waals surface area contributed by atoms with Gasteiger partial charge in [0, 0.05) is 24.0 Å². The van der Waals surface area contributed by atoms with Crippen LogP contribution in [0.3, 0.4) is 0 Å². The number of carbonyl (C=O) groups excluding carboxylic acids is 1. The second kappa shape index (κ2) is 7.74. The molecule has 0 aromatic heterocycles. The molecule has 0 unspecified atom stereocenters. The van der Waals surface area contributed by atoms with Gasteiger partial charge in [-0.3, -0.25) is 4.79 Å². The first-order valence-corrected chi connectivity index (χ1v) is 8.58. The average Bonchev–Trinajstić information content (AvgIpc) is 2.66. The molecule has 0 bridgehead atoms. The number of rotatable bonds is 5. The van der Waals surface area contributed by atoms with Crippen LogP contribution in [0.4, 0.5) is 11.4 Å². The Hall–Kier alpha value is -3.27. The molecule has 0 radical (unpaired) electrons. The lowest BCUT2D eigenvalue weighted by molar-refractivity contribution is 0.0962. The van der Waals surface area contributed by atoms with Crippen molar-refractivity contribution in [3.05, 3.63) is 94.5 Å². The van der Waals surface area contributed by atoms with E-state index in [4.69, 9.17) is 11.5 Å². The van der Waals surface area contributed by atoms with Crippen LogP contribution in [0.5, 0.6) is 0 Å². The number of anilines is 2. The summed E-state index contributed by atoms with van der Waals surface area (Å²) in [6.45, 7) is 0. The van der Waals surface area contributed by atoms with Crippen molar-refractivity contribution in [1.29, 1.82) is 0 Å². The predicted molar refractivity (Wildman–Crippen MR) is 107 cm³/mol. The molecule has 0 heterocycles. The minimum absolute atomic E-state index is 0.0744. The number of nitrogen functional groups attached to an aromatic ring is 2. The Morgan fingerprint density at radius 2 is 1.27 bits per heavy atom. The van der Waals surface area contributed by atoms with E-state index in [-0.39, 0.29) is 5.91 Å². The zero-order valence-corrected chi connectivity index (χ0v) is 14.8. The van der Waals surface area contributed by atoms with Gasteiger partial charge in [0.15, 0.2) is 0 Å². The zero-order chi connectivity index (χ0) is 18.5. The number of nitrogens with two attached hydrogens (primary N) is 2. The van der Waals surface area contributed by atoms with Crippen molar-refractivity contribution in [3.8, 4) is 0 Å². The lowest BCUT2D eigenvalue weighted by atomic mass is 9.95. The second-order valence-corrected chi connectivity index (χ2v) is 6.41. The fourth-order valence-corrected chi connectivity index (χ4v) is 2.96. The lowest BCUT2D eigenvalue weighted by Gasteiger charge is -2.12. The normalized spacial score (nSPS) is 10.5. The van der Waals surface area contributed by atoms with Gasteiger partial charge in [0.2, 0.25) is 0 Å². The number of nitrogens with one attached hydrogen (secondary N) is 1. The molecule has 0 fully saturated rings. The molecule has 0 aliphatic heterocycles. The van der Waals surface area contributed by atoms with Gasteiger partial charge in [-0.25, -0.2) is 0 Å². The van der Waals surface area contributed by atoms with Gasteiger partial charge in [0.25, 0.3) is 5.91 Å². The topological polar surface area (TPSA) is 81.1 Å². The number of hydrogen-bond acceptors (Lipinski definition) is 3. The molecule has 5 N–H and O–H groups in total. The summed E-state index contributed by atoms with van der Waals surface area (Å²) in [7, 11) is 1.65. The smallest absolute Gasteiger partial charge is 0.251 e. The highest BCUT2D eigenvalue weighted by Gasteiger charge is 2.12. The van der Waals surface area contributed by atoms with Crippen LogP contribution in [-0.2, 0) is 12.8 Å². The summed E-state index contributed by atoms with van der Waals surface area (Å²) in [5, 5.41) is 2.74. The molecule has 0 saturated carbocycles. The van der Waals surface area contributed by atoms with Crippen molar-refractivity contribution in [1.82, 2.24) is 5.32 Å². The summed E-state index contributed by atoms with van der Waals surface area (Å²) in [4.78, 5) is 12.4. The third-order valence-corrected chi connectivity index (χ3v) is 4.41. The summed E-state index contributed by atoms with van der Waals surface area (Å²) >= 11 is 0. The number of hydrogen-bond donors (Lipinski definition) is 3. The van der Waals surface area contributed by atoms with Crippen molar-refractivity contribution in [2.75, 3.05) is 18.5 Å². The van der Waals surface area contributed by atoms with Crippen molar-refractivity contribution in [2.45, 2.75) is 12.8 Å². The average molecular weight is 345 g/mol. The van der Waals surface area contributed by atoms with Crippen LogP contribution in [0.1, 0.15) is 32.6 Å². The van der Waals surface area contributed by atoms with Gasteiger partial charge in [-0.15, -0.1) is 0 Å². The molecule has 0 aliphatic carbocycles. The largest absolute Gasteiger partial charge is 0.399 e. The van der Waals surface area contributed by atoms with E-state index in [0.717, 1.165) is 40.0 Å². The van der Waals surface area contributed by atoms with Crippen molar-refractivity contribution < 1.29 is 4.79 Å². The summed E-state index contributed by atoms with van der Waals surface area (Å²) in [5.74, 6) is -0.0744. The van der Waals surface area contributed by atoms with Crippen molar-refractivity contribution in [3.63, 3.8) is 0 Å². The summed E-state index contributed by atoms with van der Waals surface area (Å²) in [6, 6.07) is 21.6. The van der Waals surface area contributed by atoms with E-state index in [2.05, 4.69) is 11.4 Å². The molecular formula is C22H23N3O. The maximum atomic E-state index is 12.4. The Kier molecular flexibility index (Phi) is 5.23. The molecule has 3 aromatic carbocycles. The van der Waals surface area contributed by atoms with E-state index < -0.39 is 0 Å². The first kappa shape index (κ1) is 17.5. The van der Waals surface area contributed by atoms with Crippen LogP contribution in [0.25, 0.3) is 0 Å². The van der Waals surface area contributed by atoms with E-state index >= 15 is 0 Å². The minimum atomic E-state index is -0.0744. The third kappa shape index (κ3) is 4.22. The summed E-state index contributed by atoms with van der Waals surface area (Å²) < 4.78 is 0.